The van der Waals surface area contributed by atoms with Gasteiger partial charge in [0.05, 0.1) is 5.69 Å². The molecule has 2 atom stereocenters. The zero-order chi connectivity index (χ0) is 14.4. The van der Waals surface area contributed by atoms with Crippen LogP contribution in [0.5, 0.6) is 0 Å². The standard InChI is InChI=1S/C16H16N2O2S/c19-15(20)12-5-6-13-14(12)18-16(21-13)17-8-10-7-9-3-1-2-4-11(9)10/h1-4,10,12H,5-8H2,(H,17,18)(H,19,20). The fourth-order valence-corrected chi connectivity index (χ4v) is 4.34. The van der Waals surface area contributed by atoms with Crippen molar-refractivity contribution in [2.75, 3.05) is 11.9 Å². The Hall–Kier alpha value is -1.88. The number of nitrogens with zero attached hydrogens (tertiary/aromatic N) is 1. The van der Waals surface area contributed by atoms with Crippen molar-refractivity contribution in [3.05, 3.63) is 46.0 Å². The van der Waals surface area contributed by atoms with Crippen LogP contribution >= 0.6 is 11.3 Å². The van der Waals surface area contributed by atoms with Crippen LogP contribution in [-0.2, 0) is 17.6 Å². The highest BCUT2D eigenvalue weighted by Gasteiger charge is 2.32. The third-order valence-electron chi connectivity index (χ3n) is 4.48. The van der Waals surface area contributed by atoms with E-state index in [0.29, 0.717) is 12.3 Å². The minimum Gasteiger partial charge on any atom is -0.481 e. The lowest BCUT2D eigenvalue weighted by Crippen LogP contribution is -2.24. The number of rotatable bonds is 4. The van der Waals surface area contributed by atoms with E-state index in [2.05, 4.69) is 34.6 Å². The van der Waals surface area contributed by atoms with Crippen molar-refractivity contribution >= 4 is 22.4 Å². The van der Waals surface area contributed by atoms with Gasteiger partial charge in [0.25, 0.3) is 0 Å². The van der Waals surface area contributed by atoms with Gasteiger partial charge in [0, 0.05) is 17.3 Å². The second-order valence-corrected chi connectivity index (χ2v) is 6.82. The lowest BCUT2D eigenvalue weighted by atomic mass is 9.78. The zero-order valence-corrected chi connectivity index (χ0v) is 12.3. The number of benzene rings is 1. The van der Waals surface area contributed by atoms with Gasteiger partial charge in [0.15, 0.2) is 5.13 Å². The monoisotopic (exact) mass is 300 g/mol. The Morgan fingerprint density at radius 3 is 3.10 bits per heavy atom. The first-order valence-corrected chi connectivity index (χ1v) is 8.08. The van der Waals surface area contributed by atoms with E-state index < -0.39 is 11.9 Å². The predicted octanol–water partition coefficient (Wildman–Crippen LogP) is 3.01. The molecule has 0 fully saturated rings. The van der Waals surface area contributed by atoms with Crippen molar-refractivity contribution in [3.63, 3.8) is 0 Å². The number of fused-ring (bicyclic) bond motifs is 2. The van der Waals surface area contributed by atoms with Crippen LogP contribution in [0.1, 0.15) is 40.0 Å². The fraction of sp³-hybridized carbons (Fsp3) is 0.375. The smallest absolute Gasteiger partial charge is 0.312 e. The molecule has 0 amide bonds. The van der Waals surface area contributed by atoms with Gasteiger partial charge in [0.2, 0.25) is 0 Å². The summed E-state index contributed by atoms with van der Waals surface area (Å²) in [6, 6.07) is 8.54. The summed E-state index contributed by atoms with van der Waals surface area (Å²) in [5.41, 5.74) is 3.65. The van der Waals surface area contributed by atoms with Gasteiger partial charge < -0.3 is 10.4 Å². The lowest BCUT2D eigenvalue weighted by Gasteiger charge is -2.30. The first-order chi connectivity index (χ1) is 10.2. The zero-order valence-electron chi connectivity index (χ0n) is 11.5. The predicted molar refractivity (Wildman–Crippen MR) is 82.2 cm³/mol. The number of thiazole rings is 1. The van der Waals surface area contributed by atoms with E-state index in [-0.39, 0.29) is 0 Å². The molecule has 0 aliphatic heterocycles. The molecule has 2 unspecified atom stereocenters. The Morgan fingerprint density at radius 2 is 2.29 bits per heavy atom. The molecule has 0 saturated carbocycles. The molecule has 1 heterocycles. The molecule has 21 heavy (non-hydrogen) atoms. The number of aryl methyl sites for hydroxylation is 1. The maximum atomic E-state index is 11.2. The highest BCUT2D eigenvalue weighted by atomic mass is 32.1. The van der Waals surface area contributed by atoms with Gasteiger partial charge >= 0.3 is 5.97 Å². The van der Waals surface area contributed by atoms with E-state index in [1.54, 1.807) is 11.3 Å². The Balaban J connectivity index is 1.44. The van der Waals surface area contributed by atoms with E-state index in [9.17, 15) is 9.90 Å². The molecule has 4 nitrogen and oxygen atoms in total. The topological polar surface area (TPSA) is 62.2 Å². The van der Waals surface area contributed by atoms with Crippen LogP contribution < -0.4 is 5.32 Å². The van der Waals surface area contributed by atoms with Crippen molar-refractivity contribution in [2.45, 2.75) is 31.1 Å². The number of carboxylic acids is 1. The van der Waals surface area contributed by atoms with Crippen LogP contribution in [0, 0.1) is 0 Å². The first-order valence-electron chi connectivity index (χ1n) is 7.26. The third kappa shape index (κ3) is 2.12. The van der Waals surface area contributed by atoms with E-state index in [1.807, 2.05) is 0 Å². The summed E-state index contributed by atoms with van der Waals surface area (Å²) in [4.78, 5) is 16.8. The Labute approximate surface area is 126 Å². The van der Waals surface area contributed by atoms with Crippen LogP contribution in [0.3, 0.4) is 0 Å². The van der Waals surface area contributed by atoms with Crippen molar-refractivity contribution in [1.82, 2.24) is 4.98 Å². The molecule has 0 spiro atoms. The Kier molecular flexibility index (Phi) is 2.96. The molecule has 5 heteroatoms. The van der Waals surface area contributed by atoms with Gasteiger partial charge in [-0.05, 0) is 30.4 Å². The maximum absolute atomic E-state index is 11.2. The number of carbonyl (C=O) groups is 1. The number of aromatic nitrogens is 1. The van der Waals surface area contributed by atoms with Gasteiger partial charge in [-0.3, -0.25) is 4.79 Å². The fourth-order valence-electron chi connectivity index (χ4n) is 3.30. The minimum absolute atomic E-state index is 0.406. The van der Waals surface area contributed by atoms with Gasteiger partial charge in [-0.25, -0.2) is 4.98 Å². The highest BCUT2D eigenvalue weighted by molar-refractivity contribution is 7.15. The molecule has 4 rings (SSSR count). The highest BCUT2D eigenvalue weighted by Crippen LogP contribution is 2.39. The Morgan fingerprint density at radius 1 is 1.43 bits per heavy atom. The Bertz CT molecular complexity index is 710. The quantitative estimate of drug-likeness (QED) is 0.911. The molecule has 2 aromatic rings. The number of carboxylic acid groups (broad SMARTS) is 1. The lowest BCUT2D eigenvalue weighted by molar-refractivity contribution is -0.138. The normalized spacial score (nSPS) is 22.3. The third-order valence-corrected chi connectivity index (χ3v) is 5.57. The minimum atomic E-state index is -0.751. The van der Waals surface area contributed by atoms with Gasteiger partial charge in [0.1, 0.15) is 5.92 Å². The number of aliphatic carboxylic acids is 1. The summed E-state index contributed by atoms with van der Waals surface area (Å²) in [6.45, 7) is 0.876. The summed E-state index contributed by atoms with van der Waals surface area (Å²) < 4.78 is 0. The average molecular weight is 300 g/mol. The second kappa shape index (κ2) is 4.84. The summed E-state index contributed by atoms with van der Waals surface area (Å²) in [6.07, 6.45) is 2.66. The van der Waals surface area contributed by atoms with Crippen LogP contribution in [0.15, 0.2) is 24.3 Å². The molecule has 0 bridgehead atoms. The average Bonchev–Trinajstić information content (AvgIpc) is 2.99. The van der Waals surface area contributed by atoms with Crippen LogP contribution in [0.2, 0.25) is 0 Å². The van der Waals surface area contributed by atoms with Crippen LogP contribution in [0.25, 0.3) is 0 Å². The largest absolute Gasteiger partial charge is 0.481 e. The molecule has 1 aromatic heterocycles. The maximum Gasteiger partial charge on any atom is 0.312 e. The molecule has 2 aliphatic carbocycles. The molecule has 2 aliphatic rings. The van der Waals surface area contributed by atoms with Crippen molar-refractivity contribution < 1.29 is 9.90 Å². The summed E-state index contributed by atoms with van der Waals surface area (Å²) in [7, 11) is 0. The molecule has 0 radical (unpaired) electrons. The molecular formula is C16H16N2O2S. The summed E-state index contributed by atoms with van der Waals surface area (Å²) in [5.74, 6) is -0.607. The number of hydrogen-bond acceptors (Lipinski definition) is 4. The second-order valence-electron chi connectivity index (χ2n) is 5.74. The van der Waals surface area contributed by atoms with E-state index in [0.717, 1.165) is 35.1 Å². The number of hydrogen-bond donors (Lipinski definition) is 2. The molecule has 108 valence electrons. The van der Waals surface area contributed by atoms with Crippen molar-refractivity contribution in [1.29, 1.82) is 0 Å². The van der Waals surface area contributed by atoms with Crippen LogP contribution in [0.4, 0.5) is 5.13 Å². The first kappa shape index (κ1) is 12.8. The summed E-state index contributed by atoms with van der Waals surface area (Å²) >= 11 is 1.62. The number of anilines is 1. The van der Waals surface area contributed by atoms with Gasteiger partial charge in [-0.2, -0.15) is 0 Å². The van der Waals surface area contributed by atoms with Crippen molar-refractivity contribution in [2.24, 2.45) is 0 Å². The van der Waals surface area contributed by atoms with Crippen LogP contribution in [-0.4, -0.2) is 22.6 Å². The molecule has 2 N–H and O–H groups in total. The van der Waals surface area contributed by atoms with E-state index in [1.165, 1.54) is 11.1 Å². The molecular weight excluding hydrogens is 284 g/mol. The van der Waals surface area contributed by atoms with Gasteiger partial charge in [-0.1, -0.05) is 24.3 Å². The molecule has 1 aromatic carbocycles. The molecule has 0 saturated heterocycles. The SMILES string of the molecule is O=C(O)C1CCc2sc(NCC3Cc4ccccc43)nc21. The van der Waals surface area contributed by atoms with E-state index >= 15 is 0 Å². The van der Waals surface area contributed by atoms with Gasteiger partial charge in [-0.15, -0.1) is 11.3 Å². The number of nitrogens with one attached hydrogen (secondary N) is 1. The van der Waals surface area contributed by atoms with Crippen molar-refractivity contribution in [3.8, 4) is 0 Å². The van der Waals surface area contributed by atoms with E-state index in [4.69, 9.17) is 0 Å². The summed E-state index contributed by atoms with van der Waals surface area (Å²) in [5, 5.41) is 13.4.